The van der Waals surface area contributed by atoms with Gasteiger partial charge in [0.1, 0.15) is 0 Å². The van der Waals surface area contributed by atoms with Crippen LogP contribution in [0.1, 0.15) is 5.69 Å². The van der Waals surface area contributed by atoms with E-state index in [9.17, 15) is 4.79 Å². The van der Waals surface area contributed by atoms with Crippen LogP contribution in [0, 0.1) is 6.92 Å². The number of halogens is 1. The number of benzene rings is 2. The lowest BCUT2D eigenvalue weighted by Crippen LogP contribution is -2.13. The number of thiazole rings is 2. The van der Waals surface area contributed by atoms with Crippen LogP contribution in [0.2, 0.25) is 5.02 Å². The van der Waals surface area contributed by atoms with Crippen LogP contribution in [-0.2, 0) is 0 Å². The highest BCUT2D eigenvalue weighted by Crippen LogP contribution is 2.29. The number of nitrogens with one attached hydrogen (secondary N) is 1. The summed E-state index contributed by atoms with van der Waals surface area (Å²) in [6, 6.07) is 15.2. The number of aryl methyl sites for hydroxylation is 1. The second-order valence-corrected chi connectivity index (χ2v) is 8.69. The molecule has 0 atom stereocenters. The van der Waals surface area contributed by atoms with Crippen molar-refractivity contribution < 1.29 is 0 Å². The van der Waals surface area contributed by atoms with Crippen molar-refractivity contribution in [1.82, 2.24) is 19.7 Å². The number of para-hydroxylation sites is 1. The largest absolute Gasteiger partial charge is 0.301 e. The molecule has 3 heterocycles. The van der Waals surface area contributed by atoms with Crippen LogP contribution in [0.4, 0.5) is 10.8 Å². The number of aromatic amines is 1. The fourth-order valence-corrected chi connectivity index (χ4v) is 4.61. The van der Waals surface area contributed by atoms with Crippen molar-refractivity contribution in [3.8, 4) is 16.4 Å². The van der Waals surface area contributed by atoms with Crippen molar-refractivity contribution in [2.24, 2.45) is 10.2 Å². The molecule has 148 valence electrons. The summed E-state index contributed by atoms with van der Waals surface area (Å²) in [7, 11) is 0. The number of hydrogen-bond donors (Lipinski definition) is 1. The van der Waals surface area contributed by atoms with E-state index in [-0.39, 0.29) is 11.2 Å². The zero-order valence-corrected chi connectivity index (χ0v) is 17.9. The molecule has 0 spiro atoms. The molecule has 10 heteroatoms. The molecule has 0 aliphatic rings. The van der Waals surface area contributed by atoms with Gasteiger partial charge < -0.3 is 0 Å². The van der Waals surface area contributed by atoms with E-state index in [1.807, 2.05) is 41.8 Å². The summed E-state index contributed by atoms with van der Waals surface area (Å²) < 4.78 is 2.40. The van der Waals surface area contributed by atoms with Gasteiger partial charge in [-0.15, -0.1) is 21.6 Å². The third-order valence-electron chi connectivity index (χ3n) is 4.38. The van der Waals surface area contributed by atoms with Gasteiger partial charge in [0.2, 0.25) is 10.3 Å². The third-order valence-corrected chi connectivity index (χ3v) is 6.38. The summed E-state index contributed by atoms with van der Waals surface area (Å²) in [5.41, 5.74) is 3.08. The first-order valence-electron chi connectivity index (χ1n) is 8.89. The lowest BCUT2D eigenvalue weighted by atomic mass is 10.2. The maximum absolute atomic E-state index is 12.9. The molecule has 3 aromatic heterocycles. The van der Waals surface area contributed by atoms with E-state index >= 15 is 0 Å². The Morgan fingerprint density at radius 2 is 1.87 bits per heavy atom. The number of aromatic nitrogens is 4. The summed E-state index contributed by atoms with van der Waals surface area (Å²) in [5, 5.41) is 14.9. The first-order chi connectivity index (χ1) is 14.6. The predicted octanol–water partition coefficient (Wildman–Crippen LogP) is 6.28. The van der Waals surface area contributed by atoms with Gasteiger partial charge in [-0.3, -0.25) is 9.89 Å². The predicted molar refractivity (Wildman–Crippen MR) is 121 cm³/mol. The molecule has 0 bridgehead atoms. The lowest BCUT2D eigenvalue weighted by Gasteiger charge is -1.97. The summed E-state index contributed by atoms with van der Waals surface area (Å²) in [4.78, 5) is 21.9. The number of rotatable bonds is 4. The Balaban J connectivity index is 1.46. The van der Waals surface area contributed by atoms with Gasteiger partial charge in [-0.25, -0.2) is 9.97 Å². The van der Waals surface area contributed by atoms with Crippen molar-refractivity contribution in [2.45, 2.75) is 6.92 Å². The van der Waals surface area contributed by atoms with Gasteiger partial charge in [0, 0.05) is 16.0 Å². The minimum atomic E-state index is -0.311. The number of azo groups is 1. The molecule has 0 saturated heterocycles. The Labute approximate surface area is 183 Å². The Morgan fingerprint density at radius 1 is 1.07 bits per heavy atom. The van der Waals surface area contributed by atoms with E-state index in [1.165, 1.54) is 27.4 Å². The number of hydrogen-bond acceptors (Lipinski definition) is 7. The van der Waals surface area contributed by atoms with Crippen LogP contribution in [-0.4, -0.2) is 19.7 Å². The molecule has 0 fully saturated rings. The molecule has 0 aliphatic heterocycles. The van der Waals surface area contributed by atoms with Crippen LogP contribution < -0.4 is 5.56 Å². The van der Waals surface area contributed by atoms with Crippen LogP contribution in [0.25, 0.3) is 26.6 Å². The van der Waals surface area contributed by atoms with Crippen LogP contribution in [0.15, 0.2) is 68.9 Å². The van der Waals surface area contributed by atoms with Crippen molar-refractivity contribution >= 4 is 55.3 Å². The number of H-pyrrole nitrogens is 1. The van der Waals surface area contributed by atoms with E-state index in [1.54, 1.807) is 19.1 Å². The van der Waals surface area contributed by atoms with E-state index in [4.69, 9.17) is 11.6 Å². The Bertz CT molecular complexity index is 1410. The Morgan fingerprint density at radius 3 is 2.67 bits per heavy atom. The maximum atomic E-state index is 12.9. The molecular formula is C20H13ClN6OS2. The topological polar surface area (TPSA) is 88.3 Å². The summed E-state index contributed by atoms with van der Waals surface area (Å²) in [6.45, 7) is 1.78. The molecular weight excluding hydrogens is 440 g/mol. The zero-order valence-electron chi connectivity index (χ0n) is 15.5. The van der Waals surface area contributed by atoms with Gasteiger partial charge in [0.25, 0.3) is 0 Å². The molecule has 5 aromatic rings. The van der Waals surface area contributed by atoms with Crippen LogP contribution >= 0.6 is 34.3 Å². The van der Waals surface area contributed by atoms with Gasteiger partial charge >= 0.3 is 5.56 Å². The van der Waals surface area contributed by atoms with Gasteiger partial charge in [-0.2, -0.15) is 4.68 Å². The van der Waals surface area contributed by atoms with E-state index < -0.39 is 0 Å². The fourth-order valence-electron chi connectivity index (χ4n) is 2.91. The molecule has 30 heavy (non-hydrogen) atoms. The summed E-state index contributed by atoms with van der Waals surface area (Å²) in [5.74, 6) is 0. The molecule has 0 radical (unpaired) electrons. The third kappa shape index (κ3) is 3.47. The second-order valence-electron chi connectivity index (χ2n) is 6.41. The number of fused-ring (bicyclic) bond motifs is 1. The van der Waals surface area contributed by atoms with Crippen molar-refractivity contribution in [2.75, 3.05) is 0 Å². The highest BCUT2D eigenvalue weighted by Gasteiger charge is 2.15. The van der Waals surface area contributed by atoms with Crippen molar-refractivity contribution in [1.29, 1.82) is 0 Å². The molecule has 0 amide bonds. The van der Waals surface area contributed by atoms with Crippen LogP contribution in [0.3, 0.4) is 0 Å². The number of nitrogens with zero attached hydrogens (tertiary/aromatic N) is 5. The minimum Gasteiger partial charge on any atom is -0.291 e. The molecule has 7 nitrogen and oxygen atoms in total. The standard InChI is InChI=1S/C20H13ClN6OS2/c1-11-17(24-25-19-22-14-4-2-3-5-16(14)30-19)18(28)27(26-11)20-23-15(10-29-20)12-6-8-13(21)9-7-12/h2-10,26H,1H3. The van der Waals surface area contributed by atoms with Crippen molar-refractivity contribution in [3.05, 3.63) is 75.0 Å². The second kappa shape index (κ2) is 7.60. The lowest BCUT2D eigenvalue weighted by molar-refractivity contribution is 0.827. The molecule has 0 aliphatic carbocycles. The SMILES string of the molecule is Cc1[nH]n(-c2nc(-c3ccc(Cl)cc3)cs2)c(=O)c1N=Nc1nc2ccccc2s1. The van der Waals surface area contributed by atoms with Crippen molar-refractivity contribution in [3.63, 3.8) is 0 Å². The van der Waals surface area contributed by atoms with Crippen LogP contribution in [0.5, 0.6) is 0 Å². The minimum absolute atomic E-state index is 0.234. The first kappa shape index (κ1) is 18.9. The van der Waals surface area contributed by atoms with E-state index in [2.05, 4.69) is 25.3 Å². The van der Waals surface area contributed by atoms with Gasteiger partial charge in [-0.1, -0.05) is 47.2 Å². The monoisotopic (exact) mass is 452 g/mol. The summed E-state index contributed by atoms with van der Waals surface area (Å²) in [6.07, 6.45) is 0. The normalized spacial score (nSPS) is 11.7. The molecule has 2 aromatic carbocycles. The molecule has 1 N–H and O–H groups in total. The molecule has 5 rings (SSSR count). The van der Waals surface area contributed by atoms with Gasteiger partial charge in [0.05, 0.1) is 21.6 Å². The smallest absolute Gasteiger partial charge is 0.291 e. The highest BCUT2D eigenvalue weighted by atomic mass is 35.5. The first-order valence-corrected chi connectivity index (χ1v) is 11.0. The maximum Gasteiger partial charge on any atom is 0.301 e. The van der Waals surface area contributed by atoms with E-state index in [0.29, 0.717) is 21.0 Å². The van der Waals surface area contributed by atoms with Gasteiger partial charge in [0.15, 0.2) is 5.69 Å². The zero-order chi connectivity index (χ0) is 20.7. The average Bonchev–Trinajstić information content (AvgIpc) is 3.45. The Kier molecular flexibility index (Phi) is 4.78. The fraction of sp³-hybridized carbons (Fsp3) is 0.0500. The molecule has 0 unspecified atom stereocenters. The summed E-state index contributed by atoms with van der Waals surface area (Å²) >= 11 is 8.73. The Hall–Kier alpha value is -3.14. The highest BCUT2D eigenvalue weighted by molar-refractivity contribution is 7.21. The quantitative estimate of drug-likeness (QED) is 0.325. The average molecular weight is 453 g/mol. The van der Waals surface area contributed by atoms with E-state index in [0.717, 1.165) is 21.5 Å². The van der Waals surface area contributed by atoms with Gasteiger partial charge in [-0.05, 0) is 31.2 Å². The molecule has 0 saturated carbocycles.